The van der Waals surface area contributed by atoms with Crippen molar-refractivity contribution in [1.82, 2.24) is 10.3 Å². The predicted octanol–water partition coefficient (Wildman–Crippen LogP) is 2.73. The van der Waals surface area contributed by atoms with Gasteiger partial charge in [-0.2, -0.15) is 0 Å². The molecule has 0 atom stereocenters. The van der Waals surface area contributed by atoms with Crippen LogP contribution in [0.15, 0.2) is 29.6 Å². The van der Waals surface area contributed by atoms with E-state index in [0.717, 1.165) is 42.2 Å². The van der Waals surface area contributed by atoms with Crippen molar-refractivity contribution in [2.24, 2.45) is 0 Å². The molecule has 1 aromatic carbocycles. The Hall–Kier alpha value is -1.79. The standard InChI is InChI=1S/C14H17N3O2S/c1-11-16-13(10-20-11)7-9-15-8-6-12-2-4-14(5-3-12)17(18)19/h2-5,10,15H,6-9H2,1H3. The molecule has 1 N–H and O–H groups in total. The van der Waals surface area contributed by atoms with Crippen LogP contribution in [-0.2, 0) is 12.8 Å². The third kappa shape index (κ3) is 4.40. The second-order valence-corrected chi connectivity index (χ2v) is 5.59. The molecule has 0 saturated heterocycles. The molecule has 5 nitrogen and oxygen atoms in total. The van der Waals surface area contributed by atoms with Crippen LogP contribution in [0, 0.1) is 17.0 Å². The number of benzene rings is 1. The van der Waals surface area contributed by atoms with Crippen molar-refractivity contribution in [2.75, 3.05) is 13.1 Å². The summed E-state index contributed by atoms with van der Waals surface area (Å²) in [6.07, 6.45) is 1.80. The Morgan fingerprint density at radius 2 is 1.95 bits per heavy atom. The van der Waals surface area contributed by atoms with E-state index >= 15 is 0 Å². The third-order valence-electron chi connectivity index (χ3n) is 2.96. The molecule has 0 unspecified atom stereocenters. The summed E-state index contributed by atoms with van der Waals surface area (Å²) in [6.45, 7) is 3.77. The molecule has 106 valence electrons. The van der Waals surface area contributed by atoms with Crippen LogP contribution < -0.4 is 5.32 Å². The number of hydrogen-bond acceptors (Lipinski definition) is 5. The van der Waals surface area contributed by atoms with E-state index in [1.807, 2.05) is 19.1 Å². The van der Waals surface area contributed by atoms with E-state index in [1.54, 1.807) is 23.5 Å². The van der Waals surface area contributed by atoms with E-state index in [1.165, 1.54) is 0 Å². The lowest BCUT2D eigenvalue weighted by molar-refractivity contribution is -0.384. The summed E-state index contributed by atoms with van der Waals surface area (Å²) in [7, 11) is 0. The minimum atomic E-state index is -0.377. The fourth-order valence-corrected chi connectivity index (χ4v) is 2.53. The number of nitrogens with zero attached hydrogens (tertiary/aromatic N) is 2. The number of nitrogens with one attached hydrogen (secondary N) is 1. The maximum absolute atomic E-state index is 10.5. The van der Waals surface area contributed by atoms with E-state index in [2.05, 4.69) is 15.7 Å². The van der Waals surface area contributed by atoms with Gasteiger partial charge in [0.2, 0.25) is 0 Å². The molecule has 0 fully saturated rings. The van der Waals surface area contributed by atoms with Gasteiger partial charge in [-0.3, -0.25) is 10.1 Å². The van der Waals surface area contributed by atoms with Gasteiger partial charge in [-0.05, 0) is 25.5 Å². The Kier molecular flexibility index (Phi) is 5.20. The topological polar surface area (TPSA) is 68.1 Å². The van der Waals surface area contributed by atoms with Crippen LogP contribution in [0.5, 0.6) is 0 Å². The molecule has 2 aromatic rings. The van der Waals surface area contributed by atoms with Crippen LogP contribution >= 0.6 is 11.3 Å². The van der Waals surface area contributed by atoms with Gasteiger partial charge in [0.25, 0.3) is 5.69 Å². The van der Waals surface area contributed by atoms with Crippen LogP contribution in [0.3, 0.4) is 0 Å². The van der Waals surface area contributed by atoms with E-state index in [0.29, 0.717) is 0 Å². The molecule has 0 aliphatic rings. The molecule has 0 saturated carbocycles. The van der Waals surface area contributed by atoms with Crippen LogP contribution in [0.2, 0.25) is 0 Å². The second-order valence-electron chi connectivity index (χ2n) is 4.53. The molecule has 1 aromatic heterocycles. The number of thiazole rings is 1. The SMILES string of the molecule is Cc1nc(CCNCCc2ccc([N+](=O)[O-])cc2)cs1. The van der Waals surface area contributed by atoms with Gasteiger partial charge in [0.1, 0.15) is 0 Å². The number of nitro benzene ring substituents is 1. The number of rotatable bonds is 7. The first kappa shape index (κ1) is 14.6. The molecule has 20 heavy (non-hydrogen) atoms. The zero-order valence-corrected chi connectivity index (χ0v) is 12.2. The first-order valence-corrected chi connectivity index (χ1v) is 7.38. The summed E-state index contributed by atoms with van der Waals surface area (Å²) >= 11 is 1.67. The summed E-state index contributed by atoms with van der Waals surface area (Å²) < 4.78 is 0. The molecule has 0 bridgehead atoms. The minimum absolute atomic E-state index is 0.139. The van der Waals surface area contributed by atoms with Gasteiger partial charge in [-0.25, -0.2) is 4.98 Å². The lowest BCUT2D eigenvalue weighted by atomic mass is 10.1. The number of aryl methyl sites for hydroxylation is 1. The Morgan fingerprint density at radius 1 is 1.25 bits per heavy atom. The Balaban J connectivity index is 1.66. The first-order valence-electron chi connectivity index (χ1n) is 6.50. The van der Waals surface area contributed by atoms with Crippen molar-refractivity contribution < 1.29 is 4.92 Å². The largest absolute Gasteiger partial charge is 0.316 e. The second kappa shape index (κ2) is 7.12. The van der Waals surface area contributed by atoms with Gasteiger partial charge >= 0.3 is 0 Å². The normalized spacial score (nSPS) is 10.7. The van der Waals surface area contributed by atoms with Gasteiger partial charge < -0.3 is 5.32 Å². The van der Waals surface area contributed by atoms with Crippen LogP contribution in [0.25, 0.3) is 0 Å². The average Bonchev–Trinajstić information content (AvgIpc) is 2.84. The van der Waals surface area contributed by atoms with Crippen molar-refractivity contribution in [3.05, 3.63) is 56.0 Å². The first-order chi connectivity index (χ1) is 9.65. The monoisotopic (exact) mass is 291 g/mol. The minimum Gasteiger partial charge on any atom is -0.316 e. The quantitative estimate of drug-likeness (QED) is 0.484. The van der Waals surface area contributed by atoms with E-state index in [4.69, 9.17) is 0 Å². The van der Waals surface area contributed by atoms with Crippen molar-refractivity contribution in [1.29, 1.82) is 0 Å². The molecule has 0 amide bonds. The molecule has 0 spiro atoms. The molecule has 0 radical (unpaired) electrons. The molecule has 2 rings (SSSR count). The number of nitro groups is 1. The van der Waals surface area contributed by atoms with Crippen LogP contribution in [0.1, 0.15) is 16.3 Å². The Morgan fingerprint density at radius 3 is 2.55 bits per heavy atom. The zero-order valence-electron chi connectivity index (χ0n) is 11.3. The smallest absolute Gasteiger partial charge is 0.269 e. The highest BCUT2D eigenvalue weighted by atomic mass is 32.1. The number of aromatic nitrogens is 1. The Bertz CT molecular complexity index is 566. The van der Waals surface area contributed by atoms with Crippen LogP contribution in [-0.4, -0.2) is 23.0 Å². The zero-order chi connectivity index (χ0) is 14.4. The van der Waals surface area contributed by atoms with Crippen molar-refractivity contribution >= 4 is 17.0 Å². The van der Waals surface area contributed by atoms with Crippen molar-refractivity contribution in [2.45, 2.75) is 19.8 Å². The summed E-state index contributed by atoms with van der Waals surface area (Å²) in [4.78, 5) is 14.6. The molecular formula is C14H17N3O2S. The van der Waals surface area contributed by atoms with Gasteiger partial charge in [-0.15, -0.1) is 11.3 Å². The lowest BCUT2D eigenvalue weighted by Gasteiger charge is -2.03. The molecule has 6 heteroatoms. The highest BCUT2D eigenvalue weighted by molar-refractivity contribution is 7.09. The van der Waals surface area contributed by atoms with Crippen molar-refractivity contribution in [3.8, 4) is 0 Å². The molecule has 0 aliphatic carbocycles. The fourth-order valence-electron chi connectivity index (χ4n) is 1.88. The van der Waals surface area contributed by atoms with Crippen LogP contribution in [0.4, 0.5) is 5.69 Å². The van der Waals surface area contributed by atoms with Gasteiger partial charge in [0.15, 0.2) is 0 Å². The van der Waals surface area contributed by atoms with Gasteiger partial charge in [-0.1, -0.05) is 12.1 Å². The summed E-state index contributed by atoms with van der Waals surface area (Å²) in [5.74, 6) is 0. The van der Waals surface area contributed by atoms with Crippen molar-refractivity contribution in [3.63, 3.8) is 0 Å². The molecule has 0 aliphatic heterocycles. The highest BCUT2D eigenvalue weighted by Gasteiger charge is 2.03. The lowest BCUT2D eigenvalue weighted by Crippen LogP contribution is -2.20. The third-order valence-corrected chi connectivity index (χ3v) is 3.78. The number of non-ortho nitro benzene ring substituents is 1. The Labute approximate surface area is 121 Å². The van der Waals surface area contributed by atoms with Gasteiger partial charge in [0.05, 0.1) is 15.6 Å². The highest BCUT2D eigenvalue weighted by Crippen LogP contribution is 2.12. The van der Waals surface area contributed by atoms with E-state index in [-0.39, 0.29) is 10.6 Å². The molecule has 1 heterocycles. The maximum atomic E-state index is 10.5. The maximum Gasteiger partial charge on any atom is 0.269 e. The fraction of sp³-hybridized carbons (Fsp3) is 0.357. The summed E-state index contributed by atoms with van der Waals surface area (Å²) in [6, 6.07) is 6.72. The molecular weight excluding hydrogens is 274 g/mol. The van der Waals surface area contributed by atoms with Gasteiger partial charge in [0, 0.05) is 30.5 Å². The summed E-state index contributed by atoms with van der Waals surface area (Å²) in [5, 5.41) is 17.1. The van der Waals surface area contributed by atoms with E-state index in [9.17, 15) is 10.1 Å². The van der Waals surface area contributed by atoms with E-state index < -0.39 is 0 Å². The average molecular weight is 291 g/mol. The number of hydrogen-bond donors (Lipinski definition) is 1. The summed E-state index contributed by atoms with van der Waals surface area (Å²) in [5.41, 5.74) is 2.38. The predicted molar refractivity (Wildman–Crippen MR) is 80.2 cm³/mol.